The van der Waals surface area contributed by atoms with E-state index in [9.17, 15) is 8.42 Å². The van der Waals surface area contributed by atoms with E-state index in [2.05, 4.69) is 15.9 Å². The highest BCUT2D eigenvalue weighted by atomic mass is 79.9. The number of methoxy groups -OCH3 is 1. The lowest BCUT2D eigenvalue weighted by molar-refractivity contribution is 0.0730. The highest BCUT2D eigenvalue weighted by molar-refractivity contribution is 9.10. The van der Waals surface area contributed by atoms with Crippen molar-refractivity contribution in [2.24, 2.45) is 0 Å². The Morgan fingerprint density at radius 3 is 2.61 bits per heavy atom. The SMILES string of the molecule is COc1cc(S(=O)(=O)N2CCOCC2)ccc1Br. The van der Waals surface area contributed by atoms with Crippen molar-refractivity contribution in [2.75, 3.05) is 33.4 Å². The fourth-order valence-electron chi connectivity index (χ4n) is 1.74. The third kappa shape index (κ3) is 2.69. The first-order valence-electron chi connectivity index (χ1n) is 5.47. The van der Waals surface area contributed by atoms with Crippen LogP contribution in [-0.2, 0) is 14.8 Å². The summed E-state index contributed by atoms with van der Waals surface area (Å²) >= 11 is 3.30. The number of ether oxygens (including phenoxy) is 2. The van der Waals surface area contributed by atoms with Gasteiger partial charge in [0.2, 0.25) is 10.0 Å². The smallest absolute Gasteiger partial charge is 0.243 e. The van der Waals surface area contributed by atoms with Crippen molar-refractivity contribution < 1.29 is 17.9 Å². The van der Waals surface area contributed by atoms with Gasteiger partial charge in [0.05, 0.1) is 29.7 Å². The largest absolute Gasteiger partial charge is 0.496 e. The molecule has 0 aliphatic carbocycles. The molecule has 7 heteroatoms. The zero-order valence-electron chi connectivity index (χ0n) is 9.93. The Morgan fingerprint density at radius 1 is 1.33 bits per heavy atom. The molecule has 0 radical (unpaired) electrons. The quantitative estimate of drug-likeness (QED) is 0.839. The van der Waals surface area contributed by atoms with Crippen LogP contribution in [0.15, 0.2) is 27.6 Å². The second kappa shape index (κ2) is 5.56. The second-order valence-corrected chi connectivity index (χ2v) is 6.61. The second-order valence-electron chi connectivity index (χ2n) is 3.81. The number of nitrogens with zero attached hydrogens (tertiary/aromatic N) is 1. The normalized spacial score (nSPS) is 17.7. The Kier molecular flexibility index (Phi) is 4.26. The molecule has 1 aromatic carbocycles. The van der Waals surface area contributed by atoms with Gasteiger partial charge in [0.1, 0.15) is 5.75 Å². The molecule has 0 saturated carbocycles. The Hall–Kier alpha value is -0.630. The van der Waals surface area contributed by atoms with E-state index >= 15 is 0 Å². The van der Waals surface area contributed by atoms with Crippen LogP contribution in [0.5, 0.6) is 5.75 Å². The molecule has 1 saturated heterocycles. The molecule has 5 nitrogen and oxygen atoms in total. The maximum Gasteiger partial charge on any atom is 0.243 e. The van der Waals surface area contributed by atoms with Crippen LogP contribution in [0.4, 0.5) is 0 Å². The maximum atomic E-state index is 12.4. The van der Waals surface area contributed by atoms with Gasteiger partial charge < -0.3 is 9.47 Å². The molecule has 0 aromatic heterocycles. The number of sulfonamides is 1. The van der Waals surface area contributed by atoms with Crippen molar-refractivity contribution in [3.05, 3.63) is 22.7 Å². The summed E-state index contributed by atoms with van der Waals surface area (Å²) in [4.78, 5) is 0.240. The van der Waals surface area contributed by atoms with Gasteiger partial charge in [0, 0.05) is 19.2 Å². The molecule has 1 aliphatic heterocycles. The standard InChI is InChI=1S/C11H14BrNO4S/c1-16-11-8-9(2-3-10(11)12)18(14,15)13-4-6-17-7-5-13/h2-3,8H,4-7H2,1H3. The van der Waals surface area contributed by atoms with Crippen molar-refractivity contribution in [2.45, 2.75) is 4.90 Å². The zero-order valence-corrected chi connectivity index (χ0v) is 12.3. The fourth-order valence-corrected chi connectivity index (χ4v) is 3.57. The molecule has 0 atom stereocenters. The van der Waals surface area contributed by atoms with E-state index in [1.807, 2.05) is 0 Å². The molecule has 0 amide bonds. The molecule has 0 N–H and O–H groups in total. The van der Waals surface area contributed by atoms with Crippen molar-refractivity contribution in [1.82, 2.24) is 4.31 Å². The van der Waals surface area contributed by atoms with E-state index in [1.54, 1.807) is 12.1 Å². The molecular formula is C11H14BrNO4S. The summed E-state index contributed by atoms with van der Waals surface area (Å²) in [5.74, 6) is 0.504. The molecular weight excluding hydrogens is 322 g/mol. The Balaban J connectivity index is 2.34. The van der Waals surface area contributed by atoms with E-state index < -0.39 is 10.0 Å². The number of morpholine rings is 1. The molecule has 1 fully saturated rings. The lowest BCUT2D eigenvalue weighted by Gasteiger charge is -2.26. The minimum Gasteiger partial charge on any atom is -0.496 e. The molecule has 1 aliphatic rings. The van der Waals surface area contributed by atoms with Crippen LogP contribution in [-0.4, -0.2) is 46.1 Å². The van der Waals surface area contributed by atoms with Crippen LogP contribution in [0.1, 0.15) is 0 Å². The van der Waals surface area contributed by atoms with Gasteiger partial charge in [0.25, 0.3) is 0 Å². The molecule has 0 unspecified atom stereocenters. The number of halogens is 1. The highest BCUT2D eigenvalue weighted by Gasteiger charge is 2.26. The summed E-state index contributed by atoms with van der Waals surface area (Å²) < 4.78 is 37.2. The van der Waals surface area contributed by atoms with Crippen LogP contribution < -0.4 is 4.74 Å². The van der Waals surface area contributed by atoms with Crippen molar-refractivity contribution in [3.63, 3.8) is 0 Å². The first kappa shape index (κ1) is 13.8. The van der Waals surface area contributed by atoms with Gasteiger partial charge in [-0.25, -0.2) is 8.42 Å². The van der Waals surface area contributed by atoms with Gasteiger partial charge in [0.15, 0.2) is 0 Å². The van der Waals surface area contributed by atoms with E-state index in [0.717, 1.165) is 4.47 Å². The van der Waals surface area contributed by atoms with Crippen LogP contribution in [0.3, 0.4) is 0 Å². The van der Waals surface area contributed by atoms with Crippen molar-refractivity contribution >= 4 is 26.0 Å². The number of hydrogen-bond donors (Lipinski definition) is 0. The Morgan fingerprint density at radius 2 is 2.00 bits per heavy atom. The highest BCUT2D eigenvalue weighted by Crippen LogP contribution is 2.29. The van der Waals surface area contributed by atoms with Gasteiger partial charge in [-0.2, -0.15) is 4.31 Å². The average Bonchev–Trinajstić information content (AvgIpc) is 2.40. The number of rotatable bonds is 3. The molecule has 0 spiro atoms. The average molecular weight is 336 g/mol. The predicted octanol–water partition coefficient (Wildman–Crippen LogP) is 1.48. The molecule has 100 valence electrons. The molecule has 2 rings (SSSR count). The third-order valence-corrected chi connectivity index (χ3v) is 5.28. The summed E-state index contributed by atoms with van der Waals surface area (Å²) in [5, 5.41) is 0. The first-order valence-corrected chi connectivity index (χ1v) is 7.70. The summed E-state index contributed by atoms with van der Waals surface area (Å²) in [5.41, 5.74) is 0. The van der Waals surface area contributed by atoms with Gasteiger partial charge in [-0.1, -0.05) is 0 Å². The molecule has 0 bridgehead atoms. The third-order valence-electron chi connectivity index (χ3n) is 2.73. The molecule has 1 aromatic rings. The monoisotopic (exact) mass is 335 g/mol. The van der Waals surface area contributed by atoms with E-state index in [1.165, 1.54) is 17.5 Å². The Labute approximate surface area is 115 Å². The van der Waals surface area contributed by atoms with Crippen molar-refractivity contribution in [3.8, 4) is 5.75 Å². The molecule has 1 heterocycles. The summed E-state index contributed by atoms with van der Waals surface area (Å²) in [6, 6.07) is 4.76. The Bertz CT molecular complexity index is 526. The summed E-state index contributed by atoms with van der Waals surface area (Å²) in [6.45, 7) is 1.65. The van der Waals surface area contributed by atoms with E-state index in [0.29, 0.717) is 32.1 Å². The topological polar surface area (TPSA) is 55.8 Å². The lowest BCUT2D eigenvalue weighted by atomic mass is 10.3. The fraction of sp³-hybridized carbons (Fsp3) is 0.455. The summed E-state index contributed by atoms with van der Waals surface area (Å²) in [6.07, 6.45) is 0. The van der Waals surface area contributed by atoms with Crippen LogP contribution >= 0.6 is 15.9 Å². The molecule has 18 heavy (non-hydrogen) atoms. The van der Waals surface area contributed by atoms with Crippen LogP contribution in [0.25, 0.3) is 0 Å². The van der Waals surface area contributed by atoms with Gasteiger partial charge in [-0.15, -0.1) is 0 Å². The van der Waals surface area contributed by atoms with Gasteiger partial charge in [-0.3, -0.25) is 0 Å². The van der Waals surface area contributed by atoms with E-state index in [4.69, 9.17) is 9.47 Å². The minimum absolute atomic E-state index is 0.240. The predicted molar refractivity (Wildman–Crippen MR) is 70.3 cm³/mol. The van der Waals surface area contributed by atoms with Crippen LogP contribution in [0.2, 0.25) is 0 Å². The maximum absolute atomic E-state index is 12.4. The number of hydrogen-bond acceptors (Lipinski definition) is 4. The van der Waals surface area contributed by atoms with Crippen LogP contribution in [0, 0.1) is 0 Å². The van der Waals surface area contributed by atoms with Gasteiger partial charge in [-0.05, 0) is 28.1 Å². The zero-order chi connectivity index (χ0) is 13.2. The minimum atomic E-state index is -3.46. The lowest BCUT2D eigenvalue weighted by Crippen LogP contribution is -2.40. The van der Waals surface area contributed by atoms with Gasteiger partial charge >= 0.3 is 0 Å². The van der Waals surface area contributed by atoms with Crippen molar-refractivity contribution in [1.29, 1.82) is 0 Å². The first-order chi connectivity index (χ1) is 8.55. The van der Waals surface area contributed by atoms with E-state index in [-0.39, 0.29) is 4.90 Å². The number of benzene rings is 1. The summed E-state index contributed by atoms with van der Waals surface area (Å²) in [7, 11) is -1.95.